The molecule has 1 unspecified atom stereocenters. The van der Waals surface area contributed by atoms with Gasteiger partial charge in [-0.2, -0.15) is 0 Å². The Kier molecular flexibility index (Phi) is 5.00. The molecule has 0 saturated carbocycles. The maximum atomic E-state index is 12.5. The van der Waals surface area contributed by atoms with Crippen LogP contribution in [0.15, 0.2) is 63.8 Å². The highest BCUT2D eigenvalue weighted by molar-refractivity contribution is 6.05. The van der Waals surface area contributed by atoms with E-state index in [0.29, 0.717) is 17.7 Å². The second kappa shape index (κ2) is 7.96. The van der Waals surface area contributed by atoms with E-state index in [2.05, 4.69) is 6.07 Å². The fourth-order valence-electron chi connectivity index (χ4n) is 4.28. The Morgan fingerprint density at radius 2 is 1.74 bits per heavy atom. The molecule has 31 heavy (non-hydrogen) atoms. The summed E-state index contributed by atoms with van der Waals surface area (Å²) >= 11 is 0. The van der Waals surface area contributed by atoms with Gasteiger partial charge in [0.15, 0.2) is 17.1 Å². The van der Waals surface area contributed by atoms with Crippen molar-refractivity contribution in [2.75, 3.05) is 27.5 Å². The van der Waals surface area contributed by atoms with E-state index in [9.17, 15) is 4.79 Å². The minimum absolute atomic E-state index is 0.311. The van der Waals surface area contributed by atoms with Crippen LogP contribution >= 0.6 is 0 Å². The van der Waals surface area contributed by atoms with E-state index in [4.69, 9.17) is 18.6 Å². The van der Waals surface area contributed by atoms with Crippen LogP contribution < -0.4 is 24.7 Å². The minimum atomic E-state index is -0.311. The lowest BCUT2D eigenvalue weighted by molar-refractivity contribution is -0.932. The molecule has 1 aromatic heterocycles. The van der Waals surface area contributed by atoms with Gasteiger partial charge in [0.1, 0.15) is 12.3 Å². The van der Waals surface area contributed by atoms with Crippen LogP contribution in [0.3, 0.4) is 0 Å². The number of hydrogen-bond donors (Lipinski definition) is 1. The molecule has 0 spiro atoms. The summed E-state index contributed by atoms with van der Waals surface area (Å²) in [6, 6.07) is 17.5. The predicted molar refractivity (Wildman–Crippen MR) is 118 cm³/mol. The summed E-state index contributed by atoms with van der Waals surface area (Å²) in [5.41, 5.74) is 2.44. The topological polar surface area (TPSA) is 62.3 Å². The lowest BCUT2D eigenvalue weighted by Gasteiger charge is -2.26. The van der Waals surface area contributed by atoms with E-state index in [1.165, 1.54) is 10.5 Å². The molecule has 5 rings (SSSR count). The highest BCUT2D eigenvalue weighted by Crippen LogP contribution is 2.32. The van der Waals surface area contributed by atoms with Crippen LogP contribution in [0.4, 0.5) is 0 Å². The van der Waals surface area contributed by atoms with Crippen molar-refractivity contribution in [3.8, 4) is 17.2 Å². The van der Waals surface area contributed by atoms with Gasteiger partial charge in [0.05, 0.1) is 31.7 Å². The first-order valence-electron chi connectivity index (χ1n) is 10.3. The molecule has 0 amide bonds. The summed E-state index contributed by atoms with van der Waals surface area (Å²) < 4.78 is 22.5. The second-order valence-electron chi connectivity index (χ2n) is 7.76. The first kappa shape index (κ1) is 19.5. The zero-order valence-corrected chi connectivity index (χ0v) is 17.6. The Bertz CT molecular complexity index is 1330. The molecule has 1 aliphatic heterocycles. The monoisotopic (exact) mass is 418 g/mol. The molecule has 2 heterocycles. The predicted octanol–water partition coefficient (Wildman–Crippen LogP) is 2.94. The van der Waals surface area contributed by atoms with Gasteiger partial charge < -0.3 is 18.6 Å². The van der Waals surface area contributed by atoms with Crippen molar-refractivity contribution in [3.05, 3.63) is 76.1 Å². The molecular formula is C25H24NO5+. The van der Waals surface area contributed by atoms with Crippen molar-refractivity contribution in [2.24, 2.45) is 0 Å². The van der Waals surface area contributed by atoms with Crippen LogP contribution in [0.1, 0.15) is 11.1 Å². The number of nitrogens with one attached hydrogen (secondary N) is 1. The third-order valence-electron chi connectivity index (χ3n) is 5.92. The molecule has 3 aromatic carbocycles. The van der Waals surface area contributed by atoms with Crippen molar-refractivity contribution in [2.45, 2.75) is 13.0 Å². The van der Waals surface area contributed by atoms with E-state index in [0.717, 1.165) is 53.1 Å². The van der Waals surface area contributed by atoms with E-state index >= 15 is 0 Å². The van der Waals surface area contributed by atoms with Crippen molar-refractivity contribution in [3.63, 3.8) is 0 Å². The molecule has 0 bridgehead atoms. The lowest BCUT2D eigenvalue weighted by Crippen LogP contribution is -3.12. The largest absolute Gasteiger partial charge is 0.493 e. The summed E-state index contributed by atoms with van der Waals surface area (Å²) in [6.07, 6.45) is 0.867. The summed E-state index contributed by atoms with van der Waals surface area (Å²) in [6.45, 7) is 2.19. The second-order valence-corrected chi connectivity index (χ2v) is 7.76. The van der Waals surface area contributed by atoms with Gasteiger partial charge in [-0.15, -0.1) is 0 Å². The summed E-state index contributed by atoms with van der Waals surface area (Å²) in [4.78, 5) is 13.8. The van der Waals surface area contributed by atoms with E-state index in [-0.39, 0.29) is 5.63 Å². The van der Waals surface area contributed by atoms with Crippen molar-refractivity contribution in [1.29, 1.82) is 0 Å². The number of quaternary nitrogens is 1. The Labute approximate surface area is 179 Å². The zero-order valence-electron chi connectivity index (χ0n) is 17.6. The smallest absolute Gasteiger partial charge is 0.344 e. The highest BCUT2D eigenvalue weighted by atomic mass is 16.5. The maximum absolute atomic E-state index is 12.5. The Balaban J connectivity index is 1.43. The van der Waals surface area contributed by atoms with Crippen LogP contribution in [-0.4, -0.2) is 27.5 Å². The third-order valence-corrected chi connectivity index (χ3v) is 5.92. The van der Waals surface area contributed by atoms with Crippen LogP contribution in [0.2, 0.25) is 0 Å². The molecule has 0 saturated heterocycles. The van der Waals surface area contributed by atoms with Crippen molar-refractivity contribution >= 4 is 21.7 Å². The number of rotatable bonds is 5. The molecule has 6 nitrogen and oxygen atoms in total. The van der Waals surface area contributed by atoms with Gasteiger partial charge in [-0.3, -0.25) is 4.90 Å². The zero-order chi connectivity index (χ0) is 21.4. The first-order chi connectivity index (χ1) is 15.2. The SMILES string of the molecule is COc1ccc(CC[NH+]2COc3ccc4c(oc(=O)c5ccccc54)c3C2)cc1OC. The third kappa shape index (κ3) is 3.49. The van der Waals surface area contributed by atoms with E-state index in [1.807, 2.05) is 42.5 Å². The summed E-state index contributed by atoms with van der Waals surface area (Å²) in [5, 5.41) is 2.46. The average molecular weight is 418 g/mol. The number of benzene rings is 3. The van der Waals surface area contributed by atoms with Gasteiger partial charge in [0.2, 0.25) is 6.73 Å². The molecule has 158 valence electrons. The summed E-state index contributed by atoms with van der Waals surface area (Å²) in [7, 11) is 3.28. The Morgan fingerprint density at radius 3 is 2.55 bits per heavy atom. The first-order valence-corrected chi connectivity index (χ1v) is 10.3. The molecule has 1 atom stereocenters. The van der Waals surface area contributed by atoms with Gasteiger partial charge in [-0.1, -0.05) is 24.3 Å². The molecule has 4 aromatic rings. The van der Waals surface area contributed by atoms with Crippen LogP contribution in [-0.2, 0) is 13.0 Å². The van der Waals surface area contributed by atoms with Crippen LogP contribution in [0, 0.1) is 0 Å². The molecule has 6 heteroatoms. The number of methoxy groups -OCH3 is 2. The number of hydrogen-bond acceptors (Lipinski definition) is 5. The van der Waals surface area contributed by atoms with Crippen LogP contribution in [0.5, 0.6) is 17.2 Å². The fraction of sp³-hybridized carbons (Fsp3) is 0.240. The van der Waals surface area contributed by atoms with Gasteiger partial charge in [0.25, 0.3) is 0 Å². The van der Waals surface area contributed by atoms with Gasteiger partial charge in [-0.05, 0) is 41.3 Å². The van der Waals surface area contributed by atoms with Gasteiger partial charge in [-0.25, -0.2) is 4.79 Å². The van der Waals surface area contributed by atoms with E-state index in [1.54, 1.807) is 20.3 Å². The van der Waals surface area contributed by atoms with E-state index < -0.39 is 0 Å². The highest BCUT2D eigenvalue weighted by Gasteiger charge is 2.25. The molecular weight excluding hydrogens is 394 g/mol. The van der Waals surface area contributed by atoms with Crippen LogP contribution in [0.25, 0.3) is 21.7 Å². The number of ether oxygens (including phenoxy) is 3. The van der Waals surface area contributed by atoms with Crippen molar-refractivity contribution in [1.82, 2.24) is 0 Å². The lowest BCUT2D eigenvalue weighted by atomic mass is 10.0. The molecule has 0 radical (unpaired) electrons. The average Bonchev–Trinajstić information content (AvgIpc) is 2.82. The maximum Gasteiger partial charge on any atom is 0.344 e. The fourth-order valence-corrected chi connectivity index (χ4v) is 4.28. The quantitative estimate of drug-likeness (QED) is 0.399. The Hall–Kier alpha value is -3.51. The van der Waals surface area contributed by atoms with Gasteiger partial charge in [0, 0.05) is 11.8 Å². The summed E-state index contributed by atoms with van der Waals surface area (Å²) in [5.74, 6) is 2.25. The number of fused-ring (bicyclic) bond motifs is 5. The normalized spacial score (nSPS) is 15.5. The van der Waals surface area contributed by atoms with Crippen molar-refractivity contribution < 1.29 is 23.5 Å². The molecule has 1 aliphatic rings. The minimum Gasteiger partial charge on any atom is -0.493 e. The van der Waals surface area contributed by atoms with Gasteiger partial charge >= 0.3 is 5.63 Å². The Morgan fingerprint density at radius 1 is 0.935 bits per heavy atom. The molecule has 0 fully saturated rings. The molecule has 1 N–H and O–H groups in total. The standard InChI is InChI=1S/C25H23NO5/c1-28-22-9-7-16(13-23(22)29-2)11-12-26-14-20-21(30-15-26)10-8-18-17-5-3-4-6-19(17)25(27)31-24(18)20/h3-10,13H,11-12,14-15H2,1-2H3/p+1. The molecule has 0 aliphatic carbocycles.